The molecular formula is C13H14N2O. The van der Waals surface area contributed by atoms with E-state index in [1.165, 1.54) is 0 Å². The first-order valence-corrected chi connectivity index (χ1v) is 5.12. The highest BCUT2D eigenvalue weighted by Gasteiger charge is 2.02. The molecule has 16 heavy (non-hydrogen) atoms. The molecule has 0 aliphatic rings. The average Bonchev–Trinajstić information content (AvgIpc) is 2.22. The summed E-state index contributed by atoms with van der Waals surface area (Å²) in [5, 5.41) is 0. The minimum atomic E-state index is 0.648. The molecule has 2 aromatic rings. The summed E-state index contributed by atoms with van der Waals surface area (Å²) in [6.45, 7) is 3.92. The number of rotatable bonds is 2. The molecule has 0 aliphatic carbocycles. The molecule has 0 aliphatic heterocycles. The molecule has 82 valence electrons. The molecule has 1 heterocycles. The van der Waals surface area contributed by atoms with Crippen molar-refractivity contribution in [2.24, 2.45) is 0 Å². The van der Waals surface area contributed by atoms with Gasteiger partial charge in [0, 0.05) is 18.0 Å². The van der Waals surface area contributed by atoms with Gasteiger partial charge in [0.1, 0.15) is 11.5 Å². The van der Waals surface area contributed by atoms with E-state index in [1.807, 2.05) is 44.2 Å². The Labute approximate surface area is 94.9 Å². The molecule has 2 N–H and O–H groups in total. The number of anilines is 1. The Kier molecular flexibility index (Phi) is 2.77. The van der Waals surface area contributed by atoms with Crippen LogP contribution in [0.15, 0.2) is 36.5 Å². The van der Waals surface area contributed by atoms with Crippen molar-refractivity contribution in [3.8, 4) is 11.5 Å². The normalized spacial score (nSPS) is 10.1. The van der Waals surface area contributed by atoms with Gasteiger partial charge in [-0.2, -0.15) is 0 Å². The summed E-state index contributed by atoms with van der Waals surface area (Å²) < 4.78 is 5.68. The number of hydrogen-bond acceptors (Lipinski definition) is 3. The third kappa shape index (κ3) is 2.31. The number of aryl methyl sites for hydroxylation is 2. The van der Waals surface area contributed by atoms with Gasteiger partial charge in [-0.25, -0.2) is 0 Å². The highest BCUT2D eigenvalue weighted by molar-refractivity contribution is 5.55. The number of nitrogens with zero attached hydrogens (tertiary/aromatic N) is 1. The van der Waals surface area contributed by atoms with Crippen LogP contribution in [0, 0.1) is 13.8 Å². The maximum Gasteiger partial charge on any atom is 0.150 e. The van der Waals surface area contributed by atoms with Crippen molar-refractivity contribution in [3.05, 3.63) is 47.8 Å². The standard InChI is InChI=1S/C13H14N2O/c1-9-3-4-13(12(14)7-9)16-11-5-6-15-10(2)8-11/h3-8H,14H2,1-2H3. The summed E-state index contributed by atoms with van der Waals surface area (Å²) in [5.74, 6) is 1.43. The van der Waals surface area contributed by atoms with E-state index in [1.54, 1.807) is 6.20 Å². The highest BCUT2D eigenvalue weighted by Crippen LogP contribution is 2.27. The van der Waals surface area contributed by atoms with Gasteiger partial charge >= 0.3 is 0 Å². The van der Waals surface area contributed by atoms with E-state index < -0.39 is 0 Å². The summed E-state index contributed by atoms with van der Waals surface area (Å²) in [6.07, 6.45) is 1.72. The van der Waals surface area contributed by atoms with Gasteiger partial charge in [-0.15, -0.1) is 0 Å². The van der Waals surface area contributed by atoms with Crippen LogP contribution in [-0.2, 0) is 0 Å². The molecule has 3 nitrogen and oxygen atoms in total. The lowest BCUT2D eigenvalue weighted by Gasteiger charge is -2.09. The molecule has 0 unspecified atom stereocenters. The van der Waals surface area contributed by atoms with Crippen LogP contribution in [0.5, 0.6) is 11.5 Å². The summed E-state index contributed by atoms with van der Waals surface area (Å²) >= 11 is 0. The summed E-state index contributed by atoms with van der Waals surface area (Å²) in [6, 6.07) is 9.43. The molecule has 0 saturated heterocycles. The second kappa shape index (κ2) is 4.23. The minimum absolute atomic E-state index is 0.648. The SMILES string of the molecule is Cc1ccc(Oc2ccnc(C)c2)c(N)c1. The summed E-state index contributed by atoms with van der Waals surface area (Å²) in [4.78, 5) is 4.11. The van der Waals surface area contributed by atoms with Crippen molar-refractivity contribution >= 4 is 5.69 Å². The number of nitrogen functional groups attached to an aromatic ring is 1. The van der Waals surface area contributed by atoms with Gasteiger partial charge in [-0.05, 0) is 37.6 Å². The monoisotopic (exact) mass is 214 g/mol. The first-order chi connectivity index (χ1) is 7.65. The first kappa shape index (κ1) is 10.5. The predicted molar refractivity (Wildman–Crippen MR) is 64.6 cm³/mol. The summed E-state index contributed by atoms with van der Waals surface area (Å²) in [7, 11) is 0. The number of benzene rings is 1. The van der Waals surface area contributed by atoms with Crippen LogP contribution in [-0.4, -0.2) is 4.98 Å². The molecule has 3 heteroatoms. The molecule has 0 fully saturated rings. The second-order valence-corrected chi connectivity index (χ2v) is 3.78. The fraction of sp³-hybridized carbons (Fsp3) is 0.154. The zero-order valence-electron chi connectivity index (χ0n) is 9.40. The minimum Gasteiger partial charge on any atom is -0.455 e. The lowest BCUT2D eigenvalue weighted by atomic mass is 10.2. The van der Waals surface area contributed by atoms with E-state index in [-0.39, 0.29) is 0 Å². The van der Waals surface area contributed by atoms with Crippen LogP contribution < -0.4 is 10.5 Å². The topological polar surface area (TPSA) is 48.1 Å². The number of pyridine rings is 1. The van der Waals surface area contributed by atoms with Crippen molar-refractivity contribution in [1.29, 1.82) is 0 Å². The molecule has 0 spiro atoms. The lowest BCUT2D eigenvalue weighted by molar-refractivity contribution is 0.483. The fourth-order valence-corrected chi connectivity index (χ4v) is 1.47. The molecule has 0 bridgehead atoms. The molecule has 0 radical (unpaired) electrons. The van der Waals surface area contributed by atoms with Gasteiger partial charge in [-0.3, -0.25) is 4.98 Å². The Hall–Kier alpha value is -2.03. The molecule has 0 saturated carbocycles. The maximum absolute atomic E-state index is 5.87. The maximum atomic E-state index is 5.87. The van der Waals surface area contributed by atoms with Gasteiger partial charge in [0.15, 0.2) is 0 Å². The van der Waals surface area contributed by atoms with E-state index in [2.05, 4.69) is 4.98 Å². The number of hydrogen-bond donors (Lipinski definition) is 1. The van der Waals surface area contributed by atoms with Crippen LogP contribution in [0.2, 0.25) is 0 Å². The van der Waals surface area contributed by atoms with Gasteiger partial charge in [-0.1, -0.05) is 6.07 Å². The molecule has 0 atom stereocenters. The van der Waals surface area contributed by atoms with Gasteiger partial charge < -0.3 is 10.5 Å². The van der Waals surface area contributed by atoms with Gasteiger partial charge in [0.05, 0.1) is 5.69 Å². The number of nitrogens with two attached hydrogens (primary N) is 1. The molecule has 0 amide bonds. The van der Waals surface area contributed by atoms with Crippen LogP contribution in [0.25, 0.3) is 0 Å². The van der Waals surface area contributed by atoms with E-state index in [9.17, 15) is 0 Å². The lowest BCUT2D eigenvalue weighted by Crippen LogP contribution is -1.93. The Morgan fingerprint density at radius 1 is 1.12 bits per heavy atom. The second-order valence-electron chi connectivity index (χ2n) is 3.78. The Bertz CT molecular complexity index is 509. The van der Waals surface area contributed by atoms with Crippen LogP contribution in [0.4, 0.5) is 5.69 Å². The Morgan fingerprint density at radius 2 is 1.94 bits per heavy atom. The zero-order chi connectivity index (χ0) is 11.5. The number of aromatic nitrogens is 1. The number of ether oxygens (including phenoxy) is 1. The molecular weight excluding hydrogens is 200 g/mol. The molecule has 1 aromatic heterocycles. The highest BCUT2D eigenvalue weighted by atomic mass is 16.5. The van der Waals surface area contributed by atoms with Crippen molar-refractivity contribution < 1.29 is 4.74 Å². The Balaban J connectivity index is 2.27. The smallest absolute Gasteiger partial charge is 0.150 e. The van der Waals surface area contributed by atoms with Crippen LogP contribution in [0.1, 0.15) is 11.3 Å². The molecule has 1 aromatic carbocycles. The van der Waals surface area contributed by atoms with Gasteiger partial charge in [0.25, 0.3) is 0 Å². The quantitative estimate of drug-likeness (QED) is 0.781. The summed E-state index contributed by atoms with van der Waals surface area (Å²) in [5.41, 5.74) is 8.55. The van der Waals surface area contributed by atoms with Crippen molar-refractivity contribution in [2.45, 2.75) is 13.8 Å². The fourth-order valence-electron chi connectivity index (χ4n) is 1.47. The predicted octanol–water partition coefficient (Wildman–Crippen LogP) is 3.07. The average molecular weight is 214 g/mol. The molecule has 2 rings (SSSR count). The third-order valence-electron chi connectivity index (χ3n) is 2.26. The van der Waals surface area contributed by atoms with Crippen LogP contribution >= 0.6 is 0 Å². The van der Waals surface area contributed by atoms with Crippen LogP contribution in [0.3, 0.4) is 0 Å². The van der Waals surface area contributed by atoms with E-state index in [4.69, 9.17) is 10.5 Å². The largest absolute Gasteiger partial charge is 0.455 e. The van der Waals surface area contributed by atoms with Crippen molar-refractivity contribution in [3.63, 3.8) is 0 Å². The Morgan fingerprint density at radius 3 is 2.62 bits per heavy atom. The van der Waals surface area contributed by atoms with Crippen molar-refractivity contribution in [2.75, 3.05) is 5.73 Å². The van der Waals surface area contributed by atoms with Gasteiger partial charge in [0.2, 0.25) is 0 Å². The zero-order valence-corrected chi connectivity index (χ0v) is 9.40. The third-order valence-corrected chi connectivity index (χ3v) is 2.26. The van der Waals surface area contributed by atoms with E-state index in [0.717, 1.165) is 17.0 Å². The first-order valence-electron chi connectivity index (χ1n) is 5.12. The van der Waals surface area contributed by atoms with Crippen molar-refractivity contribution in [1.82, 2.24) is 4.98 Å². The van der Waals surface area contributed by atoms with E-state index >= 15 is 0 Å². The van der Waals surface area contributed by atoms with E-state index in [0.29, 0.717) is 11.4 Å².